The summed E-state index contributed by atoms with van der Waals surface area (Å²) in [6.07, 6.45) is 0. The van der Waals surface area contributed by atoms with Gasteiger partial charge in [0, 0.05) is 54.5 Å². The Morgan fingerprint density at radius 1 is 0.895 bits per heavy atom. The minimum Gasteiger partial charge on any atom is -0.497 e. The van der Waals surface area contributed by atoms with Crippen molar-refractivity contribution in [2.75, 3.05) is 26.2 Å². The molecular formula is C27H25F4N3O4. The Balaban J connectivity index is 1.64. The van der Waals surface area contributed by atoms with Crippen LogP contribution in [0.2, 0.25) is 0 Å². The number of fused-ring (bicyclic) bond motifs is 1. The molecule has 0 aliphatic carbocycles. The number of benzene rings is 3. The van der Waals surface area contributed by atoms with Crippen LogP contribution in [0.1, 0.15) is 40.0 Å². The quantitative estimate of drug-likeness (QED) is 0.419. The molecule has 7 nitrogen and oxygen atoms in total. The van der Waals surface area contributed by atoms with Gasteiger partial charge in [0.2, 0.25) is 0 Å². The summed E-state index contributed by atoms with van der Waals surface area (Å²) in [6, 6.07) is 7.65. The smallest absolute Gasteiger partial charge is 0.325 e. The summed E-state index contributed by atoms with van der Waals surface area (Å²) >= 11 is 0. The summed E-state index contributed by atoms with van der Waals surface area (Å²) in [5.41, 5.74) is 0.307. The maximum absolute atomic E-state index is 14.7. The number of nitrogens with one attached hydrogen (secondary N) is 1. The predicted octanol–water partition coefficient (Wildman–Crippen LogP) is 5.32. The molecule has 0 spiro atoms. The van der Waals surface area contributed by atoms with E-state index in [1.54, 1.807) is 20.0 Å². The summed E-state index contributed by atoms with van der Waals surface area (Å²) < 4.78 is 67.7. The molecule has 38 heavy (non-hydrogen) atoms. The zero-order valence-electron chi connectivity index (χ0n) is 21.1. The van der Waals surface area contributed by atoms with E-state index in [1.807, 2.05) is 0 Å². The van der Waals surface area contributed by atoms with Gasteiger partial charge in [-0.25, -0.2) is 22.4 Å². The van der Waals surface area contributed by atoms with Crippen LogP contribution < -0.4 is 19.7 Å². The van der Waals surface area contributed by atoms with Crippen LogP contribution in [0, 0.1) is 23.3 Å². The fourth-order valence-corrected chi connectivity index (χ4v) is 4.24. The first kappa shape index (κ1) is 26.8. The Hall–Kier alpha value is -4.28. The van der Waals surface area contributed by atoms with Crippen LogP contribution in [0.3, 0.4) is 0 Å². The van der Waals surface area contributed by atoms with E-state index in [1.165, 1.54) is 36.2 Å². The molecule has 1 aliphatic rings. The average molecular weight is 532 g/mol. The number of anilines is 1. The highest BCUT2D eigenvalue weighted by Crippen LogP contribution is 2.38. The van der Waals surface area contributed by atoms with E-state index in [0.29, 0.717) is 5.56 Å². The summed E-state index contributed by atoms with van der Waals surface area (Å²) in [4.78, 5) is 28.6. The topological polar surface area (TPSA) is 71.1 Å². The zero-order valence-corrected chi connectivity index (χ0v) is 21.1. The number of urea groups is 1. The van der Waals surface area contributed by atoms with Gasteiger partial charge in [-0.2, -0.15) is 0 Å². The Morgan fingerprint density at radius 2 is 1.42 bits per heavy atom. The number of halogens is 4. The number of methoxy groups -OCH3 is 2. The number of rotatable bonds is 7. The third kappa shape index (κ3) is 4.96. The molecule has 1 aliphatic heterocycles. The SMILES string of the molecule is COc1cc(F)c(CNC(=O)c2ccc3c(c2)N(Cc2c(F)cc(OC)cc2F)C(=O)N(C)C3C)c(F)c1. The summed E-state index contributed by atoms with van der Waals surface area (Å²) in [6.45, 7) is 0.886. The number of hydrogen-bond acceptors (Lipinski definition) is 4. The Kier molecular flexibility index (Phi) is 7.47. The fourth-order valence-electron chi connectivity index (χ4n) is 4.24. The third-order valence-electron chi connectivity index (χ3n) is 6.59. The number of carbonyl (C=O) groups is 2. The molecule has 3 aromatic carbocycles. The Morgan fingerprint density at radius 3 is 1.95 bits per heavy atom. The van der Waals surface area contributed by atoms with E-state index in [-0.39, 0.29) is 39.9 Å². The van der Waals surface area contributed by atoms with Crippen molar-refractivity contribution in [2.45, 2.75) is 26.1 Å². The monoisotopic (exact) mass is 531 g/mol. The van der Waals surface area contributed by atoms with Crippen LogP contribution in [0.5, 0.6) is 11.5 Å². The first-order valence-electron chi connectivity index (χ1n) is 11.6. The molecule has 3 aromatic rings. The average Bonchev–Trinajstić information content (AvgIpc) is 2.89. The van der Waals surface area contributed by atoms with E-state index in [2.05, 4.69) is 5.32 Å². The highest BCUT2D eigenvalue weighted by atomic mass is 19.1. The van der Waals surface area contributed by atoms with Crippen LogP contribution in [0.4, 0.5) is 28.0 Å². The Bertz CT molecular complexity index is 1370. The fraction of sp³-hybridized carbons (Fsp3) is 0.259. The van der Waals surface area contributed by atoms with Gasteiger partial charge in [0.15, 0.2) is 0 Å². The molecule has 4 rings (SSSR count). The largest absolute Gasteiger partial charge is 0.497 e. The second kappa shape index (κ2) is 10.6. The number of hydrogen-bond donors (Lipinski definition) is 1. The third-order valence-corrected chi connectivity index (χ3v) is 6.59. The van der Waals surface area contributed by atoms with Crippen molar-refractivity contribution in [1.82, 2.24) is 10.2 Å². The predicted molar refractivity (Wildman–Crippen MR) is 131 cm³/mol. The maximum atomic E-state index is 14.7. The van der Waals surface area contributed by atoms with Gasteiger partial charge in [0.25, 0.3) is 5.91 Å². The van der Waals surface area contributed by atoms with Crippen LogP contribution in [-0.2, 0) is 13.1 Å². The standard InChI is InChI=1S/C27H25F4N3O4/c1-14-18-6-5-15(26(35)32-12-19-21(28)8-16(37-3)9-22(19)29)7-25(18)34(27(36)33(14)2)13-20-23(30)10-17(38-4)11-24(20)31/h5-11,14H,12-13H2,1-4H3,(H,32,35). The summed E-state index contributed by atoms with van der Waals surface area (Å²) in [5, 5.41) is 2.46. The molecule has 3 amide bonds. The van der Waals surface area contributed by atoms with Crippen molar-refractivity contribution in [2.24, 2.45) is 0 Å². The molecule has 200 valence electrons. The lowest BCUT2D eigenvalue weighted by Gasteiger charge is -2.39. The first-order chi connectivity index (χ1) is 18.0. The van der Waals surface area contributed by atoms with Crippen LogP contribution >= 0.6 is 0 Å². The van der Waals surface area contributed by atoms with Crippen molar-refractivity contribution < 1.29 is 36.6 Å². The number of amides is 3. The molecule has 0 fully saturated rings. The number of nitrogens with zero attached hydrogens (tertiary/aromatic N) is 2. The first-order valence-corrected chi connectivity index (χ1v) is 11.6. The summed E-state index contributed by atoms with van der Waals surface area (Å²) in [7, 11) is 4.11. The second-order valence-electron chi connectivity index (χ2n) is 8.75. The normalized spacial score (nSPS) is 14.8. The maximum Gasteiger partial charge on any atom is 0.325 e. The lowest BCUT2D eigenvalue weighted by atomic mass is 9.98. The van der Waals surface area contributed by atoms with Crippen LogP contribution in [0.25, 0.3) is 0 Å². The molecule has 11 heteroatoms. The molecule has 0 bridgehead atoms. The molecule has 1 atom stereocenters. The lowest BCUT2D eigenvalue weighted by Crippen LogP contribution is -2.47. The van der Waals surface area contributed by atoms with Gasteiger partial charge in [-0.15, -0.1) is 0 Å². The highest BCUT2D eigenvalue weighted by Gasteiger charge is 2.34. The minimum absolute atomic E-state index is 0.00153. The number of ether oxygens (including phenoxy) is 2. The molecule has 1 unspecified atom stereocenters. The lowest BCUT2D eigenvalue weighted by molar-refractivity contribution is 0.0950. The van der Waals surface area contributed by atoms with E-state index in [4.69, 9.17) is 9.47 Å². The van der Waals surface area contributed by atoms with Crippen molar-refractivity contribution in [1.29, 1.82) is 0 Å². The van der Waals surface area contributed by atoms with Crippen LogP contribution in [0.15, 0.2) is 42.5 Å². The van der Waals surface area contributed by atoms with Crippen molar-refractivity contribution >= 4 is 17.6 Å². The molecule has 0 radical (unpaired) electrons. The summed E-state index contributed by atoms with van der Waals surface area (Å²) in [5.74, 6) is -4.23. The van der Waals surface area contributed by atoms with Gasteiger partial charge in [-0.3, -0.25) is 9.69 Å². The van der Waals surface area contributed by atoms with Crippen LogP contribution in [-0.4, -0.2) is 38.1 Å². The number of carbonyl (C=O) groups excluding carboxylic acids is 2. The van der Waals surface area contributed by atoms with E-state index in [9.17, 15) is 27.2 Å². The molecule has 0 saturated carbocycles. The van der Waals surface area contributed by atoms with Gasteiger partial charge in [0.05, 0.1) is 32.5 Å². The van der Waals surface area contributed by atoms with E-state index in [0.717, 1.165) is 24.3 Å². The zero-order chi connectivity index (χ0) is 27.7. The highest BCUT2D eigenvalue weighted by molar-refractivity contribution is 5.99. The minimum atomic E-state index is -0.894. The van der Waals surface area contributed by atoms with Gasteiger partial charge >= 0.3 is 6.03 Å². The molecule has 0 saturated heterocycles. The van der Waals surface area contributed by atoms with Crippen molar-refractivity contribution in [3.63, 3.8) is 0 Å². The molecule has 1 N–H and O–H groups in total. The van der Waals surface area contributed by atoms with Gasteiger partial charge in [-0.05, 0) is 24.6 Å². The van der Waals surface area contributed by atoms with Gasteiger partial charge in [-0.1, -0.05) is 6.07 Å². The van der Waals surface area contributed by atoms with Crippen molar-refractivity contribution in [3.05, 3.63) is 88.0 Å². The molecule has 1 heterocycles. The van der Waals surface area contributed by atoms with Gasteiger partial charge < -0.3 is 19.7 Å². The van der Waals surface area contributed by atoms with Crippen molar-refractivity contribution in [3.8, 4) is 11.5 Å². The van der Waals surface area contributed by atoms with E-state index < -0.39 is 48.3 Å². The van der Waals surface area contributed by atoms with Gasteiger partial charge in [0.1, 0.15) is 34.8 Å². The van der Waals surface area contributed by atoms with E-state index >= 15 is 0 Å². The molecule has 0 aromatic heterocycles. The Labute approximate surface area is 216 Å². The second-order valence-corrected chi connectivity index (χ2v) is 8.75. The molecular weight excluding hydrogens is 506 g/mol.